The van der Waals surface area contributed by atoms with E-state index in [1.165, 1.54) is 6.08 Å². The molecule has 152 valence electrons. The molecule has 0 aromatic rings. The first kappa shape index (κ1) is 23.5. The standard InChI is InChI=1S/C12H25NO2S.C4H6N2O2S2/c1-9(2)5-12-6-11(8-16(12,14)15)13-7-10(3)4;5-10(7,8)4-2-1-3-6-9-4/h9-13H,5-8H2,1-4H3;1-3,6H,(H2,5,7,8)/t11?,12-;/m1./s1. The first-order valence-corrected chi connectivity index (χ1v) is 12.8. The fourth-order valence-electron chi connectivity index (χ4n) is 2.71. The van der Waals surface area contributed by atoms with Gasteiger partial charge in [0.05, 0.1) is 11.0 Å². The molecular weight excluding hydrogens is 394 g/mol. The highest BCUT2D eigenvalue weighted by Gasteiger charge is 2.38. The number of nitrogens with one attached hydrogen (secondary N) is 2. The Morgan fingerprint density at radius 2 is 1.96 bits per heavy atom. The second kappa shape index (κ2) is 10.1. The summed E-state index contributed by atoms with van der Waals surface area (Å²) in [7, 11) is -6.36. The van der Waals surface area contributed by atoms with E-state index in [-0.39, 0.29) is 15.5 Å². The maximum Gasteiger partial charge on any atom is 0.245 e. The van der Waals surface area contributed by atoms with Gasteiger partial charge in [-0.3, -0.25) is 0 Å². The van der Waals surface area contributed by atoms with Gasteiger partial charge in [0.1, 0.15) is 4.24 Å². The van der Waals surface area contributed by atoms with Crippen LogP contribution in [0.5, 0.6) is 0 Å². The minimum atomic E-state index is -3.52. The molecule has 0 aromatic heterocycles. The SMILES string of the molecule is CC(C)CNC1C[C@@H](CC(C)C)S(=O)(=O)C1.NS(=O)(=O)C1=CC=CNS1. The number of allylic oxidation sites excluding steroid dienone is 2. The Labute approximate surface area is 162 Å². The van der Waals surface area contributed by atoms with E-state index in [1.54, 1.807) is 12.3 Å². The van der Waals surface area contributed by atoms with E-state index in [0.29, 0.717) is 17.6 Å². The molecule has 2 aliphatic heterocycles. The van der Waals surface area contributed by atoms with Gasteiger partial charge in [-0.1, -0.05) is 27.7 Å². The lowest BCUT2D eigenvalue weighted by Crippen LogP contribution is -2.32. The second-order valence-corrected chi connectivity index (χ2v) is 12.4. The second-order valence-electron chi connectivity index (χ2n) is 7.43. The molecule has 1 unspecified atom stereocenters. The normalized spacial score (nSPS) is 24.8. The highest BCUT2D eigenvalue weighted by Crippen LogP contribution is 2.26. The van der Waals surface area contributed by atoms with Gasteiger partial charge in [0.15, 0.2) is 9.84 Å². The third-order valence-electron chi connectivity index (χ3n) is 3.87. The van der Waals surface area contributed by atoms with E-state index in [0.717, 1.165) is 31.3 Å². The van der Waals surface area contributed by atoms with E-state index >= 15 is 0 Å². The van der Waals surface area contributed by atoms with Crippen molar-refractivity contribution in [3.05, 3.63) is 22.6 Å². The van der Waals surface area contributed by atoms with Crippen LogP contribution in [0.2, 0.25) is 0 Å². The Morgan fingerprint density at radius 1 is 1.31 bits per heavy atom. The van der Waals surface area contributed by atoms with Gasteiger partial charge in [-0.25, -0.2) is 22.0 Å². The molecule has 10 heteroatoms. The lowest BCUT2D eigenvalue weighted by Gasteiger charge is -2.14. The van der Waals surface area contributed by atoms with Crippen LogP contribution in [0.3, 0.4) is 0 Å². The monoisotopic (exact) mass is 425 g/mol. The maximum atomic E-state index is 11.9. The van der Waals surface area contributed by atoms with Crippen LogP contribution in [0.25, 0.3) is 0 Å². The Kier molecular flexibility index (Phi) is 9.14. The summed E-state index contributed by atoms with van der Waals surface area (Å²) < 4.78 is 47.8. The summed E-state index contributed by atoms with van der Waals surface area (Å²) in [6, 6.07) is 0.177. The minimum Gasteiger partial charge on any atom is -0.332 e. The lowest BCUT2D eigenvalue weighted by molar-refractivity contribution is 0.456. The van der Waals surface area contributed by atoms with Crippen molar-refractivity contribution < 1.29 is 16.8 Å². The van der Waals surface area contributed by atoms with E-state index in [2.05, 4.69) is 37.7 Å². The molecule has 1 saturated heterocycles. The average molecular weight is 426 g/mol. The molecule has 4 N–H and O–H groups in total. The van der Waals surface area contributed by atoms with Crippen molar-refractivity contribution in [1.29, 1.82) is 0 Å². The molecular formula is C16H31N3O4S3. The summed E-state index contributed by atoms with van der Waals surface area (Å²) in [5, 5.41) is 8.07. The van der Waals surface area contributed by atoms with Crippen LogP contribution in [0, 0.1) is 11.8 Å². The quantitative estimate of drug-likeness (QED) is 0.554. The summed E-state index contributed by atoms with van der Waals surface area (Å²) in [6.45, 7) is 9.37. The molecule has 2 rings (SSSR count). The van der Waals surface area contributed by atoms with Crippen LogP contribution in [0.4, 0.5) is 0 Å². The van der Waals surface area contributed by atoms with Crippen LogP contribution in [0.15, 0.2) is 22.6 Å². The highest BCUT2D eigenvalue weighted by atomic mass is 32.3. The van der Waals surface area contributed by atoms with Crippen molar-refractivity contribution in [3.8, 4) is 0 Å². The van der Waals surface area contributed by atoms with E-state index in [1.807, 2.05) is 0 Å². The van der Waals surface area contributed by atoms with Gasteiger partial charge >= 0.3 is 0 Å². The molecule has 2 aliphatic rings. The number of rotatable bonds is 6. The van der Waals surface area contributed by atoms with Crippen LogP contribution in [0.1, 0.15) is 40.5 Å². The van der Waals surface area contributed by atoms with Gasteiger partial charge < -0.3 is 10.0 Å². The topological polar surface area (TPSA) is 118 Å². The Morgan fingerprint density at radius 3 is 2.38 bits per heavy atom. The fraction of sp³-hybridized carbons (Fsp3) is 0.750. The molecule has 7 nitrogen and oxygen atoms in total. The summed E-state index contributed by atoms with van der Waals surface area (Å²) in [5.74, 6) is 1.37. The van der Waals surface area contributed by atoms with Crippen LogP contribution < -0.4 is 15.2 Å². The van der Waals surface area contributed by atoms with Gasteiger partial charge in [0.2, 0.25) is 10.0 Å². The molecule has 26 heavy (non-hydrogen) atoms. The zero-order chi connectivity index (χ0) is 20.0. The summed E-state index contributed by atoms with van der Waals surface area (Å²) >= 11 is 0.981. The highest BCUT2D eigenvalue weighted by molar-refractivity contribution is 8.17. The van der Waals surface area contributed by atoms with Gasteiger partial charge in [-0.2, -0.15) is 0 Å². The largest absolute Gasteiger partial charge is 0.332 e. The number of sulfone groups is 1. The van der Waals surface area contributed by atoms with Crippen LogP contribution in [-0.4, -0.2) is 40.4 Å². The molecule has 0 bridgehead atoms. The number of nitrogens with two attached hydrogens (primary N) is 1. The molecule has 0 aromatic carbocycles. The van der Waals surface area contributed by atoms with Crippen LogP contribution >= 0.6 is 11.9 Å². The van der Waals surface area contributed by atoms with Crippen molar-refractivity contribution in [3.63, 3.8) is 0 Å². The van der Waals surface area contributed by atoms with Crippen molar-refractivity contribution in [2.24, 2.45) is 17.0 Å². The number of primary sulfonamides is 1. The van der Waals surface area contributed by atoms with Gasteiger partial charge in [0.25, 0.3) is 0 Å². The first-order chi connectivity index (χ1) is 11.9. The van der Waals surface area contributed by atoms with E-state index in [9.17, 15) is 16.8 Å². The molecule has 2 heterocycles. The number of hydrogen-bond donors (Lipinski definition) is 3. The molecule has 1 fully saturated rings. The molecule has 0 radical (unpaired) electrons. The molecule has 2 atom stereocenters. The predicted octanol–water partition coefficient (Wildman–Crippen LogP) is 1.72. The number of hydrogen-bond acceptors (Lipinski definition) is 7. The zero-order valence-electron chi connectivity index (χ0n) is 15.8. The number of sulfonamides is 1. The molecule has 0 spiro atoms. The smallest absolute Gasteiger partial charge is 0.245 e. The average Bonchev–Trinajstić information content (AvgIpc) is 2.79. The summed E-state index contributed by atoms with van der Waals surface area (Å²) in [5.41, 5.74) is 0. The predicted molar refractivity (Wildman–Crippen MR) is 109 cm³/mol. The summed E-state index contributed by atoms with van der Waals surface area (Å²) in [6.07, 6.45) is 6.25. The van der Waals surface area contributed by atoms with Crippen LogP contribution in [-0.2, 0) is 19.9 Å². The van der Waals surface area contributed by atoms with Crippen molar-refractivity contribution in [2.45, 2.75) is 51.8 Å². The van der Waals surface area contributed by atoms with Gasteiger partial charge in [0, 0.05) is 12.2 Å². The van der Waals surface area contributed by atoms with E-state index < -0.39 is 19.9 Å². The Balaban J connectivity index is 0.000000289. The third-order valence-corrected chi connectivity index (χ3v) is 8.38. The van der Waals surface area contributed by atoms with Gasteiger partial charge in [-0.15, -0.1) is 0 Å². The zero-order valence-corrected chi connectivity index (χ0v) is 18.3. The molecule has 0 aliphatic carbocycles. The molecule has 0 amide bonds. The van der Waals surface area contributed by atoms with Crippen molar-refractivity contribution in [1.82, 2.24) is 10.0 Å². The van der Waals surface area contributed by atoms with E-state index in [4.69, 9.17) is 5.14 Å². The minimum absolute atomic E-state index is 0.114. The molecule has 0 saturated carbocycles. The third kappa shape index (κ3) is 8.43. The maximum absolute atomic E-state index is 11.9. The Bertz CT molecular complexity index is 713. The first-order valence-electron chi connectivity index (χ1n) is 8.68. The fourth-order valence-corrected chi connectivity index (χ4v) is 6.28. The van der Waals surface area contributed by atoms with Gasteiger partial charge in [-0.05, 0) is 55.3 Å². The Hall–Kier alpha value is -0.550. The van der Waals surface area contributed by atoms with Crippen molar-refractivity contribution in [2.75, 3.05) is 12.3 Å². The van der Waals surface area contributed by atoms with Crippen molar-refractivity contribution >= 4 is 31.8 Å². The summed E-state index contributed by atoms with van der Waals surface area (Å²) in [4.78, 5) is 0. The lowest BCUT2D eigenvalue weighted by atomic mass is 10.0.